The average Bonchev–Trinajstić information content (AvgIpc) is 2.85. The monoisotopic (exact) mass is 195 g/mol. The Bertz CT molecular complexity index is 250. The van der Waals surface area contributed by atoms with Gasteiger partial charge in [-0.2, -0.15) is 0 Å². The van der Waals surface area contributed by atoms with Gasteiger partial charge in [0.15, 0.2) is 0 Å². The van der Waals surface area contributed by atoms with E-state index in [1.165, 1.54) is 13.5 Å². The molecule has 1 heterocycles. The van der Waals surface area contributed by atoms with Gasteiger partial charge in [-0.1, -0.05) is 12.2 Å². The molecule has 0 radical (unpaired) electrons. The smallest absolute Gasteiger partial charge is 0.409 e. The molecule has 2 aliphatic rings. The van der Waals surface area contributed by atoms with Gasteiger partial charge in [0.2, 0.25) is 0 Å². The second-order valence-corrected chi connectivity index (χ2v) is 4.04. The Balaban J connectivity index is 2.02. The Morgan fingerprint density at radius 2 is 2.36 bits per heavy atom. The zero-order valence-electron chi connectivity index (χ0n) is 8.61. The van der Waals surface area contributed by atoms with E-state index in [1.807, 2.05) is 4.90 Å². The number of nitrogens with zero attached hydrogens (tertiary/aromatic N) is 1. The Labute approximate surface area is 84.7 Å². The Hall–Kier alpha value is -0.990. The molecule has 3 heteroatoms. The summed E-state index contributed by atoms with van der Waals surface area (Å²) in [5, 5.41) is 0. The van der Waals surface area contributed by atoms with Gasteiger partial charge in [-0.15, -0.1) is 0 Å². The van der Waals surface area contributed by atoms with Crippen LogP contribution in [-0.2, 0) is 4.74 Å². The van der Waals surface area contributed by atoms with Crippen LogP contribution in [0.2, 0.25) is 0 Å². The fourth-order valence-electron chi connectivity index (χ4n) is 2.56. The van der Waals surface area contributed by atoms with Crippen LogP contribution in [-0.4, -0.2) is 30.7 Å². The van der Waals surface area contributed by atoms with Crippen molar-refractivity contribution in [3.63, 3.8) is 0 Å². The van der Waals surface area contributed by atoms with Crippen LogP contribution in [0, 0.1) is 5.92 Å². The van der Waals surface area contributed by atoms with Crippen molar-refractivity contribution >= 4 is 6.09 Å². The van der Waals surface area contributed by atoms with Gasteiger partial charge in [0.05, 0.1) is 7.11 Å². The lowest BCUT2D eigenvalue weighted by Gasteiger charge is -2.27. The summed E-state index contributed by atoms with van der Waals surface area (Å²) in [6, 6.07) is 0.390. The first-order valence-electron chi connectivity index (χ1n) is 5.34. The maximum absolute atomic E-state index is 11.5. The minimum atomic E-state index is -0.159. The standard InChI is InChI=1S/C11H17NO2/c1-14-11(13)12-8-4-7-10(12)9-5-2-3-6-9/h2,5,9-10H,3-4,6-8H2,1H3. The third-order valence-electron chi connectivity index (χ3n) is 3.25. The van der Waals surface area contributed by atoms with Crippen LogP contribution in [0.4, 0.5) is 4.79 Å². The SMILES string of the molecule is COC(=O)N1CCCC1C1C=CCC1. The van der Waals surface area contributed by atoms with E-state index in [0.717, 1.165) is 25.8 Å². The molecule has 1 amide bonds. The predicted octanol–water partition coefficient (Wildman–Crippen LogP) is 2.18. The summed E-state index contributed by atoms with van der Waals surface area (Å²) in [6.07, 6.45) is 8.92. The van der Waals surface area contributed by atoms with Gasteiger partial charge in [-0.3, -0.25) is 0 Å². The summed E-state index contributed by atoms with van der Waals surface area (Å²) >= 11 is 0. The first kappa shape index (κ1) is 9.56. The quantitative estimate of drug-likeness (QED) is 0.600. The second kappa shape index (κ2) is 4.03. The molecule has 14 heavy (non-hydrogen) atoms. The Morgan fingerprint density at radius 3 is 3.00 bits per heavy atom. The highest BCUT2D eigenvalue weighted by Crippen LogP contribution is 2.31. The van der Waals surface area contributed by atoms with Crippen molar-refractivity contribution in [1.29, 1.82) is 0 Å². The third kappa shape index (κ3) is 1.63. The normalized spacial score (nSPS) is 31.1. The van der Waals surface area contributed by atoms with Gasteiger partial charge in [-0.25, -0.2) is 4.79 Å². The minimum absolute atomic E-state index is 0.159. The number of methoxy groups -OCH3 is 1. The van der Waals surface area contributed by atoms with Gasteiger partial charge in [0.25, 0.3) is 0 Å². The molecule has 2 unspecified atom stereocenters. The number of ether oxygens (including phenoxy) is 1. The number of amides is 1. The van der Waals surface area contributed by atoms with Crippen molar-refractivity contribution in [2.45, 2.75) is 31.7 Å². The van der Waals surface area contributed by atoms with Crippen LogP contribution in [0.15, 0.2) is 12.2 Å². The van der Waals surface area contributed by atoms with E-state index >= 15 is 0 Å². The number of likely N-dealkylation sites (tertiary alicyclic amines) is 1. The molecular weight excluding hydrogens is 178 g/mol. The first-order valence-corrected chi connectivity index (χ1v) is 5.34. The number of carbonyl (C=O) groups excluding carboxylic acids is 1. The molecule has 0 N–H and O–H groups in total. The van der Waals surface area contributed by atoms with Gasteiger partial charge in [0, 0.05) is 12.6 Å². The fraction of sp³-hybridized carbons (Fsp3) is 0.727. The van der Waals surface area contributed by atoms with Crippen molar-refractivity contribution in [3.05, 3.63) is 12.2 Å². The summed E-state index contributed by atoms with van der Waals surface area (Å²) in [6.45, 7) is 0.863. The number of rotatable bonds is 1. The molecule has 1 fully saturated rings. The lowest BCUT2D eigenvalue weighted by Crippen LogP contribution is -2.39. The van der Waals surface area contributed by atoms with Gasteiger partial charge >= 0.3 is 6.09 Å². The maximum atomic E-state index is 11.5. The molecule has 0 aromatic heterocycles. The molecule has 0 saturated carbocycles. The molecule has 78 valence electrons. The molecule has 0 aromatic rings. The molecule has 1 saturated heterocycles. The van der Waals surface area contributed by atoms with Crippen LogP contribution in [0.25, 0.3) is 0 Å². The fourth-order valence-corrected chi connectivity index (χ4v) is 2.56. The summed E-state index contributed by atoms with van der Waals surface area (Å²) in [5.74, 6) is 0.566. The number of hydrogen-bond donors (Lipinski definition) is 0. The summed E-state index contributed by atoms with van der Waals surface area (Å²) < 4.78 is 4.79. The molecule has 1 aliphatic heterocycles. The van der Waals surface area contributed by atoms with Crippen LogP contribution in [0.1, 0.15) is 25.7 Å². The molecule has 0 spiro atoms. The van der Waals surface area contributed by atoms with Gasteiger partial charge in [-0.05, 0) is 31.6 Å². The van der Waals surface area contributed by atoms with Crippen molar-refractivity contribution in [2.75, 3.05) is 13.7 Å². The average molecular weight is 195 g/mol. The third-order valence-corrected chi connectivity index (χ3v) is 3.25. The minimum Gasteiger partial charge on any atom is -0.453 e. The van der Waals surface area contributed by atoms with E-state index < -0.39 is 0 Å². The van der Waals surface area contributed by atoms with E-state index in [0.29, 0.717) is 12.0 Å². The number of carbonyl (C=O) groups is 1. The van der Waals surface area contributed by atoms with E-state index in [4.69, 9.17) is 4.74 Å². The summed E-state index contributed by atoms with van der Waals surface area (Å²) in [5.41, 5.74) is 0. The summed E-state index contributed by atoms with van der Waals surface area (Å²) in [4.78, 5) is 13.4. The van der Waals surface area contributed by atoms with E-state index in [9.17, 15) is 4.79 Å². The molecule has 0 bridgehead atoms. The highest BCUT2D eigenvalue weighted by molar-refractivity contribution is 5.68. The Morgan fingerprint density at radius 1 is 1.50 bits per heavy atom. The molecule has 1 aliphatic carbocycles. The van der Waals surface area contributed by atoms with Crippen LogP contribution >= 0.6 is 0 Å². The van der Waals surface area contributed by atoms with Gasteiger partial charge in [0.1, 0.15) is 0 Å². The highest BCUT2D eigenvalue weighted by Gasteiger charge is 2.34. The lowest BCUT2D eigenvalue weighted by molar-refractivity contribution is 0.111. The molecule has 3 nitrogen and oxygen atoms in total. The second-order valence-electron chi connectivity index (χ2n) is 4.04. The highest BCUT2D eigenvalue weighted by atomic mass is 16.5. The van der Waals surface area contributed by atoms with Crippen molar-refractivity contribution in [3.8, 4) is 0 Å². The van der Waals surface area contributed by atoms with Crippen LogP contribution in [0.5, 0.6) is 0 Å². The molecule has 0 aromatic carbocycles. The van der Waals surface area contributed by atoms with Crippen LogP contribution < -0.4 is 0 Å². The van der Waals surface area contributed by atoms with Gasteiger partial charge < -0.3 is 9.64 Å². The maximum Gasteiger partial charge on any atom is 0.409 e. The predicted molar refractivity (Wildman–Crippen MR) is 54.0 cm³/mol. The van der Waals surface area contributed by atoms with Crippen molar-refractivity contribution in [1.82, 2.24) is 4.90 Å². The molecular formula is C11H17NO2. The van der Waals surface area contributed by atoms with Crippen LogP contribution in [0.3, 0.4) is 0 Å². The zero-order chi connectivity index (χ0) is 9.97. The topological polar surface area (TPSA) is 29.5 Å². The van der Waals surface area contributed by atoms with Crippen molar-refractivity contribution < 1.29 is 9.53 Å². The van der Waals surface area contributed by atoms with E-state index in [-0.39, 0.29) is 6.09 Å². The zero-order valence-corrected chi connectivity index (χ0v) is 8.61. The summed E-state index contributed by atoms with van der Waals surface area (Å²) in [7, 11) is 1.46. The van der Waals surface area contributed by atoms with E-state index in [1.54, 1.807) is 0 Å². The Kier molecular flexibility index (Phi) is 2.75. The van der Waals surface area contributed by atoms with Crippen molar-refractivity contribution in [2.24, 2.45) is 5.92 Å². The lowest BCUT2D eigenvalue weighted by atomic mass is 9.97. The number of allylic oxidation sites excluding steroid dienone is 1. The molecule has 2 rings (SSSR count). The molecule has 2 atom stereocenters. The van der Waals surface area contributed by atoms with E-state index in [2.05, 4.69) is 12.2 Å². The largest absolute Gasteiger partial charge is 0.453 e. The first-order chi connectivity index (χ1) is 6.83. The number of hydrogen-bond acceptors (Lipinski definition) is 2.